The number of rotatable bonds is 5. The summed E-state index contributed by atoms with van der Waals surface area (Å²) in [6.07, 6.45) is 4.88. The predicted molar refractivity (Wildman–Crippen MR) is 77.2 cm³/mol. The summed E-state index contributed by atoms with van der Waals surface area (Å²) < 4.78 is 1.65. The fourth-order valence-electron chi connectivity index (χ4n) is 1.89. The largest absolute Gasteiger partial charge is 0.351 e. The van der Waals surface area contributed by atoms with Gasteiger partial charge in [-0.25, -0.2) is 9.50 Å². The molecule has 0 saturated heterocycles. The molecule has 9 heteroatoms. The van der Waals surface area contributed by atoms with Gasteiger partial charge in [-0.1, -0.05) is 0 Å². The highest BCUT2D eigenvalue weighted by Crippen LogP contribution is 2.12. The van der Waals surface area contributed by atoms with Crippen LogP contribution in [0.4, 0.5) is 0 Å². The molecule has 0 aliphatic heterocycles. The lowest BCUT2D eigenvalue weighted by Gasteiger charge is -2.08. The van der Waals surface area contributed by atoms with E-state index in [2.05, 4.69) is 30.8 Å². The molecule has 0 aliphatic rings. The Balaban J connectivity index is 1.60. The molecule has 21 heavy (non-hydrogen) atoms. The molecule has 1 amide bonds. The summed E-state index contributed by atoms with van der Waals surface area (Å²) in [5.74, 6) is 0.563. The number of nitrogens with zero attached hydrogens (tertiary/aromatic N) is 5. The van der Waals surface area contributed by atoms with Crippen molar-refractivity contribution in [3.63, 3.8) is 0 Å². The third kappa shape index (κ3) is 2.87. The second-order valence-corrected chi connectivity index (χ2v) is 5.39. The molecule has 0 spiro atoms. The quantitative estimate of drug-likeness (QED) is 0.531. The summed E-state index contributed by atoms with van der Waals surface area (Å²) in [7, 11) is 0. The van der Waals surface area contributed by atoms with Crippen molar-refractivity contribution in [2.24, 2.45) is 0 Å². The highest BCUT2D eigenvalue weighted by molar-refractivity contribution is 7.99. The zero-order valence-corrected chi connectivity index (χ0v) is 12.1. The second kappa shape index (κ2) is 5.92. The number of amides is 1. The molecule has 2 N–H and O–H groups in total. The maximum absolute atomic E-state index is 12.2. The Morgan fingerprint density at radius 3 is 3.19 bits per heavy atom. The van der Waals surface area contributed by atoms with Gasteiger partial charge in [-0.15, -0.1) is 16.9 Å². The molecular weight excluding hydrogens is 290 g/mol. The van der Waals surface area contributed by atoms with Crippen LogP contribution in [0.2, 0.25) is 0 Å². The van der Waals surface area contributed by atoms with Gasteiger partial charge in [-0.2, -0.15) is 15.4 Å². The minimum atomic E-state index is -0.154. The molecule has 0 fully saturated rings. The van der Waals surface area contributed by atoms with Crippen LogP contribution in [-0.2, 0) is 0 Å². The first kappa shape index (κ1) is 13.6. The summed E-state index contributed by atoms with van der Waals surface area (Å²) >= 11 is 1.52. The van der Waals surface area contributed by atoms with Crippen LogP contribution in [-0.4, -0.2) is 48.2 Å². The van der Waals surface area contributed by atoms with Crippen LogP contribution in [0.3, 0.4) is 0 Å². The average Bonchev–Trinajstić information content (AvgIpc) is 3.15. The fourth-order valence-corrected chi connectivity index (χ4v) is 2.54. The summed E-state index contributed by atoms with van der Waals surface area (Å²) in [4.78, 5) is 16.4. The molecule has 3 rings (SSSR count). The summed E-state index contributed by atoms with van der Waals surface area (Å²) in [5, 5.41) is 18.0. The molecular formula is C12H13N7OS. The van der Waals surface area contributed by atoms with Crippen LogP contribution in [0.5, 0.6) is 0 Å². The van der Waals surface area contributed by atoms with Crippen LogP contribution in [0, 0.1) is 6.92 Å². The maximum atomic E-state index is 12.2. The Kier molecular flexibility index (Phi) is 3.82. The number of nitrogens with one attached hydrogen (secondary N) is 2. The van der Waals surface area contributed by atoms with E-state index >= 15 is 0 Å². The molecule has 3 aromatic heterocycles. The first-order chi connectivity index (χ1) is 10.3. The van der Waals surface area contributed by atoms with E-state index in [4.69, 9.17) is 0 Å². The second-order valence-electron chi connectivity index (χ2n) is 4.27. The number of H-pyrrole nitrogens is 1. The Labute approximate surface area is 124 Å². The molecule has 3 aromatic rings. The molecule has 0 atom stereocenters. The van der Waals surface area contributed by atoms with Crippen molar-refractivity contribution in [3.05, 3.63) is 35.9 Å². The molecule has 0 saturated carbocycles. The maximum Gasteiger partial charge on any atom is 0.254 e. The van der Waals surface area contributed by atoms with Crippen LogP contribution >= 0.6 is 11.8 Å². The van der Waals surface area contributed by atoms with Gasteiger partial charge in [0, 0.05) is 24.6 Å². The van der Waals surface area contributed by atoms with Crippen molar-refractivity contribution >= 4 is 23.3 Å². The molecule has 0 aliphatic carbocycles. The van der Waals surface area contributed by atoms with Gasteiger partial charge in [0.1, 0.15) is 5.03 Å². The monoisotopic (exact) mass is 303 g/mol. The predicted octanol–water partition coefficient (Wildman–Crippen LogP) is 0.678. The Bertz CT molecular complexity index is 752. The fraction of sp³-hybridized carbons (Fsp3) is 0.250. The number of hydrogen-bond donors (Lipinski definition) is 2. The number of hydrogen-bond acceptors (Lipinski definition) is 6. The average molecular weight is 303 g/mol. The molecule has 3 heterocycles. The zero-order valence-electron chi connectivity index (χ0n) is 11.3. The lowest BCUT2D eigenvalue weighted by Crippen LogP contribution is -2.27. The van der Waals surface area contributed by atoms with Crippen molar-refractivity contribution in [1.82, 2.24) is 35.3 Å². The molecule has 108 valence electrons. The first-order valence-electron chi connectivity index (χ1n) is 6.32. The molecule has 0 bridgehead atoms. The number of fused-ring (bicyclic) bond motifs is 1. The van der Waals surface area contributed by atoms with Crippen LogP contribution in [0.1, 0.15) is 16.1 Å². The Morgan fingerprint density at radius 2 is 2.38 bits per heavy atom. The molecule has 8 nitrogen and oxygen atoms in total. The number of thioether (sulfide) groups is 1. The molecule has 0 unspecified atom stereocenters. The minimum absolute atomic E-state index is 0.154. The minimum Gasteiger partial charge on any atom is -0.351 e. The van der Waals surface area contributed by atoms with Crippen molar-refractivity contribution in [3.8, 4) is 0 Å². The smallest absolute Gasteiger partial charge is 0.254 e. The highest BCUT2D eigenvalue weighted by atomic mass is 32.2. The van der Waals surface area contributed by atoms with E-state index < -0.39 is 0 Å². The van der Waals surface area contributed by atoms with Crippen molar-refractivity contribution in [1.29, 1.82) is 0 Å². The van der Waals surface area contributed by atoms with Gasteiger partial charge in [0.2, 0.25) is 0 Å². The van der Waals surface area contributed by atoms with Gasteiger partial charge in [0.15, 0.2) is 5.65 Å². The summed E-state index contributed by atoms with van der Waals surface area (Å²) in [5.41, 5.74) is 2.02. The van der Waals surface area contributed by atoms with E-state index in [1.807, 2.05) is 6.92 Å². The van der Waals surface area contributed by atoms with Crippen molar-refractivity contribution in [2.75, 3.05) is 12.3 Å². The van der Waals surface area contributed by atoms with Gasteiger partial charge in [-0.3, -0.25) is 4.79 Å². The van der Waals surface area contributed by atoms with Gasteiger partial charge in [0.25, 0.3) is 5.91 Å². The lowest BCUT2D eigenvalue weighted by atomic mass is 10.2. The van der Waals surface area contributed by atoms with Crippen molar-refractivity contribution < 1.29 is 4.79 Å². The zero-order chi connectivity index (χ0) is 14.7. The molecule has 0 radical (unpaired) electrons. The molecule has 0 aromatic carbocycles. The van der Waals surface area contributed by atoms with E-state index in [1.54, 1.807) is 29.2 Å². The van der Waals surface area contributed by atoms with E-state index in [-0.39, 0.29) is 5.91 Å². The van der Waals surface area contributed by atoms with Gasteiger partial charge >= 0.3 is 0 Å². The van der Waals surface area contributed by atoms with E-state index in [1.165, 1.54) is 11.8 Å². The first-order valence-corrected chi connectivity index (χ1v) is 7.30. The van der Waals surface area contributed by atoms with Gasteiger partial charge in [-0.05, 0) is 6.92 Å². The number of aryl methyl sites for hydroxylation is 1. The topological polar surface area (TPSA) is 101 Å². The number of aromatic nitrogens is 6. The number of aromatic amines is 1. The normalized spacial score (nSPS) is 10.9. The Morgan fingerprint density at radius 1 is 1.48 bits per heavy atom. The standard InChI is InChI=1S/C12H13N7OS/c1-8-9(6-14-10-2-3-16-19(8)10)12(20)13-4-5-21-11-7-15-18-17-11/h2-3,6-7H,4-5H2,1H3,(H,13,20)(H,15,17,18). The van der Waals surface area contributed by atoms with Gasteiger partial charge < -0.3 is 5.32 Å². The highest BCUT2D eigenvalue weighted by Gasteiger charge is 2.12. The van der Waals surface area contributed by atoms with Gasteiger partial charge in [0.05, 0.1) is 23.7 Å². The summed E-state index contributed by atoms with van der Waals surface area (Å²) in [6, 6.07) is 1.79. The van der Waals surface area contributed by atoms with Crippen LogP contribution < -0.4 is 5.32 Å². The summed E-state index contributed by atoms with van der Waals surface area (Å²) in [6.45, 7) is 2.38. The van der Waals surface area contributed by atoms with Crippen molar-refractivity contribution in [2.45, 2.75) is 11.9 Å². The SMILES string of the molecule is Cc1c(C(=O)NCCSc2cn[nH]n2)cnc2ccnn12. The Hall–Kier alpha value is -2.42. The third-order valence-electron chi connectivity index (χ3n) is 2.93. The number of carbonyl (C=O) groups is 1. The number of carbonyl (C=O) groups excluding carboxylic acids is 1. The van der Waals surface area contributed by atoms with E-state index in [0.29, 0.717) is 12.1 Å². The van der Waals surface area contributed by atoms with Crippen LogP contribution in [0.25, 0.3) is 5.65 Å². The van der Waals surface area contributed by atoms with E-state index in [0.717, 1.165) is 22.1 Å². The van der Waals surface area contributed by atoms with E-state index in [9.17, 15) is 4.79 Å². The third-order valence-corrected chi connectivity index (χ3v) is 3.83. The lowest BCUT2D eigenvalue weighted by molar-refractivity contribution is 0.0954. The van der Waals surface area contributed by atoms with Crippen LogP contribution in [0.15, 0.2) is 29.7 Å².